The number of anilines is 1. The standard InChI is InChI=1S/C18H27N5O3S/c1-5-23(6-2)27(25,26)15-9-12(3)13(4)17(11-15)21-18(24)16(19)10-14-7-8-20-22-14/h7-9,11,16H,5-6,10,19H2,1-4H3,(H,20,22)(H,21,24). The minimum atomic E-state index is -3.62. The van der Waals surface area contributed by atoms with Crippen LogP contribution in [0, 0.1) is 13.8 Å². The Kier molecular flexibility index (Phi) is 6.74. The van der Waals surface area contributed by atoms with Gasteiger partial charge >= 0.3 is 0 Å². The Morgan fingerprint density at radius 3 is 2.52 bits per heavy atom. The Morgan fingerprint density at radius 1 is 1.30 bits per heavy atom. The zero-order valence-corrected chi connectivity index (χ0v) is 16.9. The summed E-state index contributed by atoms with van der Waals surface area (Å²) in [5, 5.41) is 9.37. The fourth-order valence-corrected chi connectivity index (χ4v) is 4.34. The van der Waals surface area contributed by atoms with Gasteiger partial charge in [-0.3, -0.25) is 9.89 Å². The zero-order valence-electron chi connectivity index (χ0n) is 16.1. The van der Waals surface area contributed by atoms with Gasteiger partial charge in [0.2, 0.25) is 15.9 Å². The van der Waals surface area contributed by atoms with Gasteiger partial charge in [0.15, 0.2) is 0 Å². The number of sulfonamides is 1. The molecule has 1 aromatic heterocycles. The van der Waals surface area contributed by atoms with Crippen LogP contribution in [-0.2, 0) is 21.2 Å². The van der Waals surface area contributed by atoms with Crippen LogP contribution in [0.1, 0.15) is 30.7 Å². The number of carbonyl (C=O) groups excluding carboxylic acids is 1. The van der Waals surface area contributed by atoms with E-state index in [-0.39, 0.29) is 10.8 Å². The van der Waals surface area contributed by atoms with Gasteiger partial charge in [0.05, 0.1) is 10.9 Å². The largest absolute Gasteiger partial charge is 0.324 e. The molecule has 0 saturated carbocycles. The van der Waals surface area contributed by atoms with Crippen LogP contribution in [0.2, 0.25) is 0 Å². The third-order valence-corrected chi connectivity index (χ3v) is 6.60. The topological polar surface area (TPSA) is 121 Å². The van der Waals surface area contributed by atoms with Crippen LogP contribution in [0.4, 0.5) is 5.69 Å². The third kappa shape index (κ3) is 4.74. The SMILES string of the molecule is CCN(CC)S(=O)(=O)c1cc(C)c(C)c(NC(=O)C(N)Cc2ccn[nH]2)c1. The number of H-pyrrole nitrogens is 1. The van der Waals surface area contributed by atoms with Crippen molar-refractivity contribution in [2.75, 3.05) is 18.4 Å². The first-order chi connectivity index (χ1) is 12.7. The van der Waals surface area contributed by atoms with Gasteiger partial charge in [0, 0.05) is 37.1 Å². The summed E-state index contributed by atoms with van der Waals surface area (Å²) in [6.45, 7) is 7.99. The molecule has 1 atom stereocenters. The van der Waals surface area contributed by atoms with E-state index in [4.69, 9.17) is 5.73 Å². The molecule has 0 aliphatic heterocycles. The number of hydrogen-bond acceptors (Lipinski definition) is 5. The fraction of sp³-hybridized carbons (Fsp3) is 0.444. The van der Waals surface area contributed by atoms with E-state index in [0.29, 0.717) is 25.2 Å². The maximum absolute atomic E-state index is 12.8. The lowest BCUT2D eigenvalue weighted by Gasteiger charge is -2.21. The van der Waals surface area contributed by atoms with Crippen LogP contribution in [0.5, 0.6) is 0 Å². The van der Waals surface area contributed by atoms with E-state index in [1.165, 1.54) is 10.4 Å². The Bertz CT molecular complexity index is 890. The number of nitrogens with one attached hydrogen (secondary N) is 2. The predicted molar refractivity (Wildman–Crippen MR) is 105 cm³/mol. The highest BCUT2D eigenvalue weighted by molar-refractivity contribution is 7.89. The smallest absolute Gasteiger partial charge is 0.243 e. The van der Waals surface area contributed by atoms with E-state index in [0.717, 1.165) is 16.8 Å². The van der Waals surface area contributed by atoms with Gasteiger partial charge in [-0.15, -0.1) is 0 Å². The number of nitrogens with zero attached hydrogens (tertiary/aromatic N) is 2. The molecule has 1 heterocycles. The van der Waals surface area contributed by atoms with Crippen molar-refractivity contribution in [1.29, 1.82) is 0 Å². The predicted octanol–water partition coefficient (Wildman–Crippen LogP) is 1.57. The van der Waals surface area contributed by atoms with Gasteiger partial charge in [-0.2, -0.15) is 9.40 Å². The second kappa shape index (κ2) is 8.64. The quantitative estimate of drug-likeness (QED) is 0.628. The summed E-state index contributed by atoms with van der Waals surface area (Å²) in [6, 6.07) is 4.09. The lowest BCUT2D eigenvalue weighted by Crippen LogP contribution is -2.37. The van der Waals surface area contributed by atoms with Crippen molar-refractivity contribution in [2.24, 2.45) is 5.73 Å². The van der Waals surface area contributed by atoms with Crippen molar-refractivity contribution in [3.05, 3.63) is 41.2 Å². The van der Waals surface area contributed by atoms with Crippen LogP contribution in [-0.4, -0.2) is 48.0 Å². The highest BCUT2D eigenvalue weighted by Crippen LogP contribution is 2.26. The van der Waals surface area contributed by atoms with Crippen LogP contribution in [0.25, 0.3) is 0 Å². The monoisotopic (exact) mass is 393 g/mol. The number of amides is 1. The lowest BCUT2D eigenvalue weighted by molar-refractivity contribution is -0.117. The van der Waals surface area contributed by atoms with Crippen molar-refractivity contribution in [2.45, 2.75) is 45.1 Å². The number of aromatic nitrogens is 2. The number of hydrogen-bond donors (Lipinski definition) is 3. The molecule has 0 aliphatic rings. The molecule has 2 aromatic rings. The van der Waals surface area contributed by atoms with E-state index >= 15 is 0 Å². The van der Waals surface area contributed by atoms with Crippen LogP contribution >= 0.6 is 0 Å². The highest BCUT2D eigenvalue weighted by atomic mass is 32.2. The summed E-state index contributed by atoms with van der Waals surface area (Å²) in [6.07, 6.45) is 1.90. The molecule has 148 valence electrons. The average molecular weight is 394 g/mol. The molecule has 9 heteroatoms. The molecule has 0 radical (unpaired) electrons. The second-order valence-corrected chi connectivity index (χ2v) is 8.32. The molecular weight excluding hydrogens is 366 g/mol. The van der Waals surface area contributed by atoms with Gasteiger partial charge in [0.25, 0.3) is 0 Å². The number of benzene rings is 1. The molecular formula is C18H27N5O3S. The zero-order chi connectivity index (χ0) is 20.2. The third-order valence-electron chi connectivity index (χ3n) is 4.58. The van der Waals surface area contributed by atoms with E-state index in [1.807, 2.05) is 13.8 Å². The number of carbonyl (C=O) groups is 1. The highest BCUT2D eigenvalue weighted by Gasteiger charge is 2.24. The molecule has 8 nitrogen and oxygen atoms in total. The summed E-state index contributed by atoms with van der Waals surface area (Å²) in [7, 11) is -3.62. The summed E-state index contributed by atoms with van der Waals surface area (Å²) < 4.78 is 27.0. The van der Waals surface area contributed by atoms with E-state index in [9.17, 15) is 13.2 Å². The molecule has 2 rings (SSSR count). The van der Waals surface area contributed by atoms with Crippen molar-refractivity contribution < 1.29 is 13.2 Å². The first-order valence-electron chi connectivity index (χ1n) is 8.86. The summed E-state index contributed by atoms with van der Waals surface area (Å²) in [5.41, 5.74) is 8.76. The van der Waals surface area contributed by atoms with E-state index in [1.54, 1.807) is 32.2 Å². The molecule has 0 saturated heterocycles. The maximum atomic E-state index is 12.8. The Balaban J connectivity index is 2.29. The molecule has 27 heavy (non-hydrogen) atoms. The first kappa shape index (κ1) is 21.1. The fourth-order valence-electron chi connectivity index (χ4n) is 2.77. The normalized spacial score (nSPS) is 13.0. The minimum absolute atomic E-state index is 0.159. The molecule has 1 aromatic carbocycles. The van der Waals surface area contributed by atoms with E-state index < -0.39 is 16.1 Å². The second-order valence-electron chi connectivity index (χ2n) is 6.38. The molecule has 1 amide bonds. The Labute approximate surface area is 160 Å². The van der Waals surface area contributed by atoms with Crippen LogP contribution < -0.4 is 11.1 Å². The van der Waals surface area contributed by atoms with Crippen molar-refractivity contribution >= 4 is 21.6 Å². The van der Waals surface area contributed by atoms with Gasteiger partial charge in [-0.05, 0) is 43.2 Å². The number of aryl methyl sites for hydroxylation is 1. The molecule has 4 N–H and O–H groups in total. The molecule has 0 bridgehead atoms. The van der Waals surface area contributed by atoms with Crippen molar-refractivity contribution in [3.8, 4) is 0 Å². The number of aromatic amines is 1. The molecule has 0 spiro atoms. The van der Waals surface area contributed by atoms with Crippen LogP contribution in [0.15, 0.2) is 29.3 Å². The van der Waals surface area contributed by atoms with Gasteiger partial charge < -0.3 is 11.1 Å². The van der Waals surface area contributed by atoms with Crippen molar-refractivity contribution in [3.63, 3.8) is 0 Å². The number of rotatable bonds is 8. The van der Waals surface area contributed by atoms with Gasteiger partial charge in [0.1, 0.15) is 0 Å². The van der Waals surface area contributed by atoms with E-state index in [2.05, 4.69) is 15.5 Å². The van der Waals surface area contributed by atoms with Gasteiger partial charge in [-0.1, -0.05) is 13.8 Å². The van der Waals surface area contributed by atoms with Crippen molar-refractivity contribution in [1.82, 2.24) is 14.5 Å². The lowest BCUT2D eigenvalue weighted by atomic mass is 10.1. The Hall–Kier alpha value is -2.23. The summed E-state index contributed by atoms with van der Waals surface area (Å²) in [4.78, 5) is 12.6. The van der Waals surface area contributed by atoms with Crippen LogP contribution in [0.3, 0.4) is 0 Å². The maximum Gasteiger partial charge on any atom is 0.243 e. The summed E-state index contributed by atoms with van der Waals surface area (Å²) in [5.74, 6) is -0.385. The number of nitrogens with two attached hydrogens (primary N) is 1. The average Bonchev–Trinajstić information content (AvgIpc) is 3.12. The first-order valence-corrected chi connectivity index (χ1v) is 10.3. The minimum Gasteiger partial charge on any atom is -0.324 e. The molecule has 0 aliphatic carbocycles. The Morgan fingerprint density at radius 2 is 1.96 bits per heavy atom. The molecule has 0 fully saturated rings. The molecule has 1 unspecified atom stereocenters. The summed E-state index contributed by atoms with van der Waals surface area (Å²) >= 11 is 0. The van der Waals surface area contributed by atoms with Gasteiger partial charge in [-0.25, -0.2) is 8.42 Å².